The fraction of sp³-hybridized carbons (Fsp3) is 0.188. The van der Waals surface area contributed by atoms with Crippen molar-refractivity contribution < 1.29 is 9.53 Å². The molecule has 0 N–H and O–H groups in total. The molecule has 0 radical (unpaired) electrons. The van der Waals surface area contributed by atoms with Crippen LogP contribution in [0.15, 0.2) is 45.3 Å². The van der Waals surface area contributed by atoms with Gasteiger partial charge in [0.25, 0.3) is 0 Å². The molecular formula is C16H14Br2O2. The first-order valence-corrected chi connectivity index (χ1v) is 7.84. The molecule has 0 unspecified atom stereocenters. The SMILES string of the molecule is CCOc1ccc(C(=O)c2cc(Br)c(C)cc2Br)cc1. The third-order valence-corrected chi connectivity index (χ3v) is 4.43. The molecule has 0 spiro atoms. The number of rotatable bonds is 4. The number of hydrogen-bond donors (Lipinski definition) is 0. The van der Waals surface area contributed by atoms with Crippen LogP contribution in [0, 0.1) is 6.92 Å². The van der Waals surface area contributed by atoms with Gasteiger partial charge in [0.15, 0.2) is 5.78 Å². The zero-order valence-corrected chi connectivity index (χ0v) is 14.4. The number of halogens is 2. The monoisotopic (exact) mass is 396 g/mol. The molecule has 0 bridgehead atoms. The van der Waals surface area contributed by atoms with Crippen LogP contribution in [0.4, 0.5) is 0 Å². The maximum Gasteiger partial charge on any atom is 0.194 e. The predicted molar refractivity (Wildman–Crippen MR) is 87.6 cm³/mol. The maximum absolute atomic E-state index is 12.5. The molecule has 104 valence electrons. The first kappa shape index (κ1) is 15.3. The van der Waals surface area contributed by atoms with Crippen molar-refractivity contribution >= 4 is 37.6 Å². The van der Waals surface area contributed by atoms with E-state index in [1.807, 2.05) is 38.1 Å². The molecule has 0 aromatic heterocycles. The Balaban J connectivity index is 2.33. The van der Waals surface area contributed by atoms with Crippen molar-refractivity contribution in [2.45, 2.75) is 13.8 Å². The van der Waals surface area contributed by atoms with E-state index in [2.05, 4.69) is 31.9 Å². The Kier molecular flexibility index (Phi) is 5.00. The molecule has 0 amide bonds. The van der Waals surface area contributed by atoms with Gasteiger partial charge in [0, 0.05) is 20.1 Å². The molecule has 0 saturated heterocycles. The lowest BCUT2D eigenvalue weighted by molar-refractivity contribution is 0.103. The Morgan fingerprint density at radius 2 is 1.75 bits per heavy atom. The number of benzene rings is 2. The average molecular weight is 398 g/mol. The second-order valence-corrected chi connectivity index (χ2v) is 6.08. The predicted octanol–water partition coefficient (Wildman–Crippen LogP) is 5.15. The summed E-state index contributed by atoms with van der Waals surface area (Å²) >= 11 is 6.91. The highest BCUT2D eigenvalue weighted by Crippen LogP contribution is 2.27. The Hall–Kier alpha value is -1.13. The zero-order chi connectivity index (χ0) is 14.7. The first-order chi connectivity index (χ1) is 9.52. The van der Waals surface area contributed by atoms with E-state index in [0.717, 1.165) is 20.3 Å². The highest BCUT2D eigenvalue weighted by atomic mass is 79.9. The van der Waals surface area contributed by atoms with E-state index in [1.54, 1.807) is 12.1 Å². The molecule has 0 aliphatic rings. The number of hydrogen-bond acceptors (Lipinski definition) is 2. The van der Waals surface area contributed by atoms with E-state index in [9.17, 15) is 4.79 Å². The van der Waals surface area contributed by atoms with Crippen molar-refractivity contribution in [1.29, 1.82) is 0 Å². The zero-order valence-electron chi connectivity index (χ0n) is 11.2. The van der Waals surface area contributed by atoms with Gasteiger partial charge in [-0.3, -0.25) is 4.79 Å². The standard InChI is InChI=1S/C16H14Br2O2/c1-3-20-12-6-4-11(5-7-12)16(19)13-9-14(17)10(2)8-15(13)18/h4-9H,3H2,1-2H3. The molecule has 0 saturated carbocycles. The fourth-order valence-corrected chi connectivity index (χ4v) is 2.83. The molecule has 0 fully saturated rings. The number of aryl methyl sites for hydroxylation is 1. The van der Waals surface area contributed by atoms with Crippen LogP contribution in [0.25, 0.3) is 0 Å². The van der Waals surface area contributed by atoms with Gasteiger partial charge in [-0.15, -0.1) is 0 Å². The minimum absolute atomic E-state index is 0.0133. The molecule has 2 nitrogen and oxygen atoms in total. The lowest BCUT2D eigenvalue weighted by atomic mass is 10.0. The van der Waals surface area contributed by atoms with Gasteiger partial charge in [-0.25, -0.2) is 0 Å². The number of carbonyl (C=O) groups is 1. The maximum atomic E-state index is 12.5. The van der Waals surface area contributed by atoms with Gasteiger partial charge in [-0.2, -0.15) is 0 Å². The highest BCUT2D eigenvalue weighted by molar-refractivity contribution is 9.11. The summed E-state index contributed by atoms with van der Waals surface area (Å²) in [5, 5.41) is 0. The highest BCUT2D eigenvalue weighted by Gasteiger charge is 2.14. The van der Waals surface area contributed by atoms with Gasteiger partial charge < -0.3 is 4.74 Å². The molecule has 0 aliphatic carbocycles. The van der Waals surface area contributed by atoms with Crippen molar-refractivity contribution in [2.24, 2.45) is 0 Å². The van der Waals surface area contributed by atoms with Crippen molar-refractivity contribution in [2.75, 3.05) is 6.61 Å². The van der Waals surface area contributed by atoms with Gasteiger partial charge in [-0.1, -0.05) is 31.9 Å². The lowest BCUT2D eigenvalue weighted by Gasteiger charge is -2.08. The summed E-state index contributed by atoms with van der Waals surface area (Å²) in [7, 11) is 0. The summed E-state index contributed by atoms with van der Waals surface area (Å²) in [6.07, 6.45) is 0. The Labute approximate surface area is 135 Å². The summed E-state index contributed by atoms with van der Waals surface area (Å²) in [5.41, 5.74) is 2.37. The molecule has 2 aromatic rings. The third kappa shape index (κ3) is 3.30. The smallest absolute Gasteiger partial charge is 0.194 e. The topological polar surface area (TPSA) is 26.3 Å². The Morgan fingerprint density at radius 1 is 1.10 bits per heavy atom. The summed E-state index contributed by atoms with van der Waals surface area (Å²) in [6.45, 7) is 4.53. The summed E-state index contributed by atoms with van der Waals surface area (Å²) < 4.78 is 7.11. The van der Waals surface area contributed by atoms with E-state index in [0.29, 0.717) is 17.7 Å². The molecular weight excluding hydrogens is 384 g/mol. The normalized spacial score (nSPS) is 10.4. The molecule has 2 aromatic carbocycles. The van der Waals surface area contributed by atoms with E-state index in [1.165, 1.54) is 0 Å². The van der Waals surface area contributed by atoms with E-state index in [4.69, 9.17) is 4.74 Å². The average Bonchev–Trinajstić information content (AvgIpc) is 2.43. The van der Waals surface area contributed by atoms with Crippen LogP contribution < -0.4 is 4.74 Å². The van der Waals surface area contributed by atoms with Gasteiger partial charge >= 0.3 is 0 Å². The van der Waals surface area contributed by atoms with Gasteiger partial charge in [0.1, 0.15) is 5.75 Å². The molecule has 0 atom stereocenters. The second kappa shape index (κ2) is 6.55. The summed E-state index contributed by atoms with van der Waals surface area (Å²) in [4.78, 5) is 12.5. The second-order valence-electron chi connectivity index (χ2n) is 4.37. The Bertz CT molecular complexity index is 634. The van der Waals surface area contributed by atoms with E-state index in [-0.39, 0.29) is 5.78 Å². The van der Waals surface area contributed by atoms with Crippen LogP contribution in [0.5, 0.6) is 5.75 Å². The van der Waals surface area contributed by atoms with E-state index < -0.39 is 0 Å². The molecule has 4 heteroatoms. The molecule has 0 aliphatic heterocycles. The van der Waals surface area contributed by atoms with Crippen molar-refractivity contribution in [3.8, 4) is 5.75 Å². The largest absolute Gasteiger partial charge is 0.494 e. The fourth-order valence-electron chi connectivity index (χ4n) is 1.84. The molecule has 2 rings (SSSR count). The van der Waals surface area contributed by atoms with Gasteiger partial charge in [0.2, 0.25) is 0 Å². The van der Waals surface area contributed by atoms with Crippen LogP contribution in [0.3, 0.4) is 0 Å². The van der Waals surface area contributed by atoms with Crippen LogP contribution in [-0.4, -0.2) is 12.4 Å². The minimum Gasteiger partial charge on any atom is -0.494 e. The summed E-state index contributed by atoms with van der Waals surface area (Å²) in [5.74, 6) is 0.758. The first-order valence-electron chi connectivity index (χ1n) is 6.26. The van der Waals surface area contributed by atoms with Crippen LogP contribution in [0.1, 0.15) is 28.4 Å². The van der Waals surface area contributed by atoms with E-state index >= 15 is 0 Å². The quantitative estimate of drug-likeness (QED) is 0.667. The van der Waals surface area contributed by atoms with Crippen molar-refractivity contribution in [3.63, 3.8) is 0 Å². The Morgan fingerprint density at radius 3 is 2.35 bits per heavy atom. The number of carbonyl (C=O) groups excluding carboxylic acids is 1. The number of ether oxygens (including phenoxy) is 1. The number of ketones is 1. The van der Waals surface area contributed by atoms with Gasteiger partial charge in [-0.05, 0) is 55.8 Å². The molecule has 20 heavy (non-hydrogen) atoms. The lowest BCUT2D eigenvalue weighted by Crippen LogP contribution is -2.03. The minimum atomic E-state index is -0.0133. The van der Waals surface area contributed by atoms with Crippen molar-refractivity contribution in [1.82, 2.24) is 0 Å². The molecule has 0 heterocycles. The third-order valence-electron chi connectivity index (χ3n) is 2.92. The van der Waals surface area contributed by atoms with Crippen molar-refractivity contribution in [3.05, 3.63) is 62.0 Å². The van der Waals surface area contributed by atoms with Gasteiger partial charge in [0.05, 0.1) is 6.61 Å². The van der Waals surface area contributed by atoms with Crippen LogP contribution in [-0.2, 0) is 0 Å². The van der Waals surface area contributed by atoms with Crippen LogP contribution in [0.2, 0.25) is 0 Å². The summed E-state index contributed by atoms with van der Waals surface area (Å²) in [6, 6.07) is 11.0. The van der Waals surface area contributed by atoms with Crippen LogP contribution >= 0.6 is 31.9 Å².